The molecule has 7 heteroatoms. The van der Waals surface area contributed by atoms with Gasteiger partial charge in [0, 0.05) is 5.69 Å². The van der Waals surface area contributed by atoms with E-state index < -0.39 is 23.5 Å². The Kier molecular flexibility index (Phi) is 3.84. The van der Waals surface area contributed by atoms with Crippen LogP contribution >= 0.6 is 0 Å². The molecule has 21 heavy (non-hydrogen) atoms. The third-order valence-corrected chi connectivity index (χ3v) is 2.68. The zero-order chi connectivity index (χ0) is 15.6. The zero-order valence-electron chi connectivity index (χ0n) is 10.4. The lowest BCUT2D eigenvalue weighted by Gasteiger charge is -2.12. The summed E-state index contributed by atoms with van der Waals surface area (Å²) < 4.78 is 50.8. The monoisotopic (exact) mass is 299 g/mol. The molecular weight excluding hydrogens is 290 g/mol. The van der Waals surface area contributed by atoms with Gasteiger partial charge in [0.25, 0.3) is 0 Å². The molecule has 0 aliphatic rings. The molecule has 0 radical (unpaired) electrons. The summed E-state index contributed by atoms with van der Waals surface area (Å²) in [6, 6.07) is 7.24. The van der Waals surface area contributed by atoms with Crippen molar-refractivity contribution in [2.45, 2.75) is 6.18 Å². The van der Waals surface area contributed by atoms with E-state index in [0.717, 1.165) is 30.3 Å². The summed E-state index contributed by atoms with van der Waals surface area (Å²) in [5.41, 5.74) is -1.18. The molecule has 0 saturated heterocycles. The molecule has 2 aromatic carbocycles. The predicted octanol–water partition coefficient (Wildman–Crippen LogP) is 4.29. The highest BCUT2D eigenvalue weighted by atomic mass is 19.4. The van der Waals surface area contributed by atoms with Gasteiger partial charge in [0.2, 0.25) is 0 Å². The second kappa shape index (κ2) is 5.43. The summed E-state index contributed by atoms with van der Waals surface area (Å²) in [7, 11) is 0. The molecule has 0 amide bonds. The van der Waals surface area contributed by atoms with Crippen LogP contribution in [0.4, 0.5) is 28.9 Å². The number of benzene rings is 2. The molecule has 0 spiro atoms. The van der Waals surface area contributed by atoms with Crippen LogP contribution in [-0.4, -0.2) is 11.1 Å². The fourth-order valence-electron chi connectivity index (χ4n) is 1.73. The standard InChI is InChI=1S/C14H9F4NO2/c15-9-4-5-12(11(7-9)13(20)21)19-10-3-1-2-8(6-10)14(16,17)18/h1-7,19H,(H,20,21). The van der Waals surface area contributed by atoms with Crippen molar-refractivity contribution in [3.05, 3.63) is 59.4 Å². The van der Waals surface area contributed by atoms with Crippen molar-refractivity contribution in [1.82, 2.24) is 0 Å². The molecule has 2 rings (SSSR count). The van der Waals surface area contributed by atoms with Crippen molar-refractivity contribution in [1.29, 1.82) is 0 Å². The Morgan fingerprint density at radius 1 is 1.10 bits per heavy atom. The van der Waals surface area contributed by atoms with E-state index in [9.17, 15) is 22.4 Å². The molecule has 3 nitrogen and oxygen atoms in total. The van der Waals surface area contributed by atoms with E-state index >= 15 is 0 Å². The van der Waals surface area contributed by atoms with Gasteiger partial charge < -0.3 is 10.4 Å². The van der Waals surface area contributed by atoms with Crippen LogP contribution in [0.25, 0.3) is 0 Å². The largest absolute Gasteiger partial charge is 0.478 e. The van der Waals surface area contributed by atoms with E-state index in [1.165, 1.54) is 12.1 Å². The van der Waals surface area contributed by atoms with Gasteiger partial charge in [0.1, 0.15) is 5.82 Å². The summed E-state index contributed by atoms with van der Waals surface area (Å²) in [6.45, 7) is 0. The molecule has 0 aromatic heterocycles. The minimum Gasteiger partial charge on any atom is -0.478 e. The summed E-state index contributed by atoms with van der Waals surface area (Å²) in [5.74, 6) is -2.13. The fraction of sp³-hybridized carbons (Fsp3) is 0.0714. The van der Waals surface area contributed by atoms with E-state index in [1.54, 1.807) is 0 Å². The maximum absolute atomic E-state index is 13.0. The SMILES string of the molecule is O=C(O)c1cc(F)ccc1Nc1cccc(C(F)(F)F)c1. The lowest BCUT2D eigenvalue weighted by atomic mass is 10.1. The minimum absolute atomic E-state index is 0.00299. The Labute approximate surface area is 116 Å². The molecule has 0 heterocycles. The van der Waals surface area contributed by atoms with Crippen molar-refractivity contribution >= 4 is 17.3 Å². The van der Waals surface area contributed by atoms with Crippen molar-refractivity contribution in [2.24, 2.45) is 0 Å². The number of alkyl halides is 3. The third kappa shape index (κ3) is 3.50. The lowest BCUT2D eigenvalue weighted by Crippen LogP contribution is -2.06. The van der Waals surface area contributed by atoms with Gasteiger partial charge in [-0.15, -0.1) is 0 Å². The molecule has 2 aromatic rings. The Morgan fingerprint density at radius 2 is 1.81 bits per heavy atom. The normalized spacial score (nSPS) is 11.2. The van der Waals surface area contributed by atoms with Crippen LogP contribution < -0.4 is 5.32 Å². The van der Waals surface area contributed by atoms with Gasteiger partial charge >= 0.3 is 12.1 Å². The second-order valence-corrected chi connectivity index (χ2v) is 4.20. The average molecular weight is 299 g/mol. The van der Waals surface area contributed by atoms with Gasteiger partial charge in [-0.05, 0) is 36.4 Å². The number of carboxylic acid groups (broad SMARTS) is 1. The Morgan fingerprint density at radius 3 is 2.43 bits per heavy atom. The molecule has 0 fully saturated rings. The molecular formula is C14H9F4NO2. The highest BCUT2D eigenvalue weighted by Crippen LogP contribution is 2.31. The molecule has 0 aliphatic heterocycles. The summed E-state index contributed by atoms with van der Waals surface area (Å²) in [6.07, 6.45) is -4.50. The first kappa shape index (κ1) is 14.8. The average Bonchev–Trinajstić information content (AvgIpc) is 2.40. The van der Waals surface area contributed by atoms with Gasteiger partial charge in [-0.25, -0.2) is 9.18 Å². The Bertz CT molecular complexity index is 683. The van der Waals surface area contributed by atoms with Gasteiger partial charge in [0.15, 0.2) is 0 Å². The van der Waals surface area contributed by atoms with Crippen molar-refractivity contribution in [3.63, 3.8) is 0 Å². The number of aromatic carboxylic acids is 1. The number of hydrogen-bond acceptors (Lipinski definition) is 2. The molecule has 0 saturated carbocycles. The van der Waals surface area contributed by atoms with E-state index in [0.29, 0.717) is 0 Å². The fourth-order valence-corrected chi connectivity index (χ4v) is 1.73. The number of rotatable bonds is 3. The van der Waals surface area contributed by atoms with E-state index in [-0.39, 0.29) is 16.9 Å². The highest BCUT2D eigenvalue weighted by Gasteiger charge is 2.30. The van der Waals surface area contributed by atoms with Gasteiger partial charge in [-0.1, -0.05) is 6.07 Å². The quantitative estimate of drug-likeness (QED) is 0.831. The maximum Gasteiger partial charge on any atom is 0.416 e. The summed E-state index contributed by atoms with van der Waals surface area (Å²) in [5, 5.41) is 11.5. The van der Waals surface area contributed by atoms with E-state index in [2.05, 4.69) is 5.32 Å². The van der Waals surface area contributed by atoms with Crippen LogP contribution in [0.15, 0.2) is 42.5 Å². The van der Waals surface area contributed by atoms with Crippen LogP contribution in [0.2, 0.25) is 0 Å². The number of anilines is 2. The molecule has 0 bridgehead atoms. The predicted molar refractivity (Wildman–Crippen MR) is 68.1 cm³/mol. The molecule has 0 atom stereocenters. The number of nitrogens with one attached hydrogen (secondary N) is 1. The second-order valence-electron chi connectivity index (χ2n) is 4.20. The van der Waals surface area contributed by atoms with Gasteiger partial charge in [-0.3, -0.25) is 0 Å². The van der Waals surface area contributed by atoms with Gasteiger partial charge in [-0.2, -0.15) is 13.2 Å². The topological polar surface area (TPSA) is 49.3 Å². The van der Waals surface area contributed by atoms with Crippen molar-refractivity contribution < 1.29 is 27.5 Å². The van der Waals surface area contributed by atoms with Crippen molar-refractivity contribution in [2.75, 3.05) is 5.32 Å². The Hall–Kier alpha value is -2.57. The van der Waals surface area contributed by atoms with Crippen LogP contribution in [0, 0.1) is 5.82 Å². The molecule has 0 unspecified atom stereocenters. The molecule has 2 N–H and O–H groups in total. The van der Waals surface area contributed by atoms with Crippen molar-refractivity contribution in [3.8, 4) is 0 Å². The zero-order valence-corrected chi connectivity index (χ0v) is 10.4. The van der Waals surface area contributed by atoms with Crippen LogP contribution in [0.5, 0.6) is 0 Å². The molecule has 0 aliphatic carbocycles. The molecule has 110 valence electrons. The van der Waals surface area contributed by atoms with Crippen LogP contribution in [-0.2, 0) is 6.18 Å². The minimum atomic E-state index is -4.50. The third-order valence-electron chi connectivity index (χ3n) is 2.68. The first-order chi connectivity index (χ1) is 9.77. The summed E-state index contributed by atoms with van der Waals surface area (Å²) >= 11 is 0. The first-order valence-corrected chi connectivity index (χ1v) is 5.74. The lowest BCUT2D eigenvalue weighted by molar-refractivity contribution is -0.137. The van der Waals surface area contributed by atoms with Crippen LogP contribution in [0.1, 0.15) is 15.9 Å². The number of hydrogen-bond donors (Lipinski definition) is 2. The van der Waals surface area contributed by atoms with E-state index in [1.807, 2.05) is 0 Å². The van der Waals surface area contributed by atoms with Gasteiger partial charge in [0.05, 0.1) is 16.8 Å². The highest BCUT2D eigenvalue weighted by molar-refractivity contribution is 5.95. The number of halogens is 4. The Balaban J connectivity index is 2.37. The van der Waals surface area contributed by atoms with Crippen LogP contribution in [0.3, 0.4) is 0 Å². The van der Waals surface area contributed by atoms with E-state index in [4.69, 9.17) is 5.11 Å². The number of carboxylic acids is 1. The first-order valence-electron chi connectivity index (χ1n) is 5.74. The maximum atomic E-state index is 13.0. The summed E-state index contributed by atoms with van der Waals surface area (Å²) in [4.78, 5) is 11.0. The smallest absolute Gasteiger partial charge is 0.416 e. The number of carbonyl (C=O) groups is 1.